The predicted molar refractivity (Wildman–Crippen MR) is 108 cm³/mol. The first-order valence-electron chi connectivity index (χ1n) is 8.20. The number of hydrogen-bond donors (Lipinski definition) is 2. The summed E-state index contributed by atoms with van der Waals surface area (Å²) in [7, 11) is 0. The number of amides is 1. The van der Waals surface area contributed by atoms with E-state index in [0.29, 0.717) is 16.3 Å². The Hall–Kier alpha value is -2.64. The molecule has 0 aliphatic rings. The first-order chi connectivity index (χ1) is 13.0. The van der Waals surface area contributed by atoms with E-state index >= 15 is 0 Å². The number of nitrogens with one attached hydrogen (secondary N) is 2. The molecule has 3 aromatic rings. The third-order valence-electron chi connectivity index (χ3n) is 3.91. The third-order valence-corrected chi connectivity index (χ3v) is 5.29. The van der Waals surface area contributed by atoms with Gasteiger partial charge in [-0.1, -0.05) is 59.8 Å². The van der Waals surface area contributed by atoms with Crippen molar-refractivity contribution in [1.82, 2.24) is 15.2 Å². The molecule has 6 nitrogen and oxygen atoms in total. The average molecular weight is 401 g/mol. The van der Waals surface area contributed by atoms with Gasteiger partial charge in [0.15, 0.2) is 10.9 Å². The van der Waals surface area contributed by atoms with Gasteiger partial charge in [0, 0.05) is 16.3 Å². The summed E-state index contributed by atoms with van der Waals surface area (Å²) in [6.07, 6.45) is 0. The molecular formula is C19H17ClN4O2S. The van der Waals surface area contributed by atoms with Gasteiger partial charge >= 0.3 is 0 Å². The monoisotopic (exact) mass is 400 g/mol. The SMILES string of the molecule is Cc1c(Cl)cccc1NC(=O)C(C)Sc1nnc(-c2ccccc2)c(=O)[nH]1. The highest BCUT2D eigenvalue weighted by Crippen LogP contribution is 2.25. The fraction of sp³-hybridized carbons (Fsp3) is 0.158. The molecule has 138 valence electrons. The summed E-state index contributed by atoms with van der Waals surface area (Å²) in [5, 5.41) is 11.3. The molecule has 1 atom stereocenters. The van der Waals surface area contributed by atoms with Crippen LogP contribution in [0.2, 0.25) is 5.02 Å². The predicted octanol–water partition coefficient (Wildman–Crippen LogP) is 3.91. The molecular weight excluding hydrogens is 384 g/mol. The summed E-state index contributed by atoms with van der Waals surface area (Å²) < 4.78 is 0. The molecule has 0 fully saturated rings. The highest BCUT2D eigenvalue weighted by atomic mass is 35.5. The Morgan fingerprint density at radius 3 is 2.59 bits per heavy atom. The summed E-state index contributed by atoms with van der Waals surface area (Å²) in [4.78, 5) is 27.4. The van der Waals surface area contributed by atoms with E-state index in [9.17, 15) is 9.59 Å². The number of halogens is 1. The fourth-order valence-electron chi connectivity index (χ4n) is 2.36. The van der Waals surface area contributed by atoms with Gasteiger partial charge in [-0.3, -0.25) is 14.6 Å². The van der Waals surface area contributed by atoms with E-state index in [1.807, 2.05) is 25.1 Å². The number of aromatic nitrogens is 3. The zero-order valence-electron chi connectivity index (χ0n) is 14.7. The standard InChI is InChI=1S/C19H17ClN4O2S/c1-11-14(20)9-6-10-15(11)21-17(25)12(2)27-19-22-18(26)16(23-24-19)13-7-4-3-5-8-13/h3-10,12H,1-2H3,(H,21,25)(H,22,24,26). The van der Waals surface area contributed by atoms with Crippen LogP contribution in [0.4, 0.5) is 5.69 Å². The van der Waals surface area contributed by atoms with Crippen LogP contribution in [0, 0.1) is 6.92 Å². The van der Waals surface area contributed by atoms with Crippen molar-refractivity contribution in [3.63, 3.8) is 0 Å². The van der Waals surface area contributed by atoms with Crippen LogP contribution < -0.4 is 10.9 Å². The Bertz CT molecular complexity index is 1020. The molecule has 0 aliphatic carbocycles. The topological polar surface area (TPSA) is 87.7 Å². The lowest BCUT2D eigenvalue weighted by Gasteiger charge is -2.13. The van der Waals surface area contributed by atoms with E-state index in [4.69, 9.17) is 11.6 Å². The Kier molecular flexibility index (Phi) is 5.93. The molecule has 8 heteroatoms. The number of carbonyl (C=O) groups is 1. The van der Waals surface area contributed by atoms with Gasteiger partial charge in [0.25, 0.3) is 5.56 Å². The zero-order chi connectivity index (χ0) is 19.4. The van der Waals surface area contributed by atoms with Crippen molar-refractivity contribution < 1.29 is 4.79 Å². The minimum atomic E-state index is -0.490. The summed E-state index contributed by atoms with van der Waals surface area (Å²) in [6, 6.07) is 14.4. The number of aromatic amines is 1. The van der Waals surface area contributed by atoms with Gasteiger partial charge in [-0.2, -0.15) is 0 Å². The quantitative estimate of drug-likeness (QED) is 0.634. The molecule has 0 saturated carbocycles. The molecule has 2 N–H and O–H groups in total. The molecule has 1 amide bonds. The molecule has 3 rings (SSSR count). The van der Waals surface area contributed by atoms with Crippen molar-refractivity contribution in [1.29, 1.82) is 0 Å². The van der Waals surface area contributed by atoms with Crippen LogP contribution in [0.5, 0.6) is 0 Å². The maximum absolute atomic E-state index is 12.4. The van der Waals surface area contributed by atoms with Gasteiger partial charge < -0.3 is 5.32 Å². The van der Waals surface area contributed by atoms with Crippen molar-refractivity contribution in [3.8, 4) is 11.3 Å². The highest BCUT2D eigenvalue weighted by molar-refractivity contribution is 8.00. The largest absolute Gasteiger partial charge is 0.325 e. The number of anilines is 1. The van der Waals surface area contributed by atoms with Crippen molar-refractivity contribution in [2.75, 3.05) is 5.32 Å². The van der Waals surface area contributed by atoms with E-state index in [-0.39, 0.29) is 22.3 Å². The lowest BCUT2D eigenvalue weighted by atomic mass is 10.2. The highest BCUT2D eigenvalue weighted by Gasteiger charge is 2.18. The van der Waals surface area contributed by atoms with Crippen molar-refractivity contribution in [3.05, 3.63) is 69.5 Å². The van der Waals surface area contributed by atoms with Crippen LogP contribution in [0.3, 0.4) is 0 Å². The number of rotatable bonds is 5. The van der Waals surface area contributed by atoms with Gasteiger partial charge in [0.05, 0.1) is 5.25 Å². The molecule has 0 saturated heterocycles. The van der Waals surface area contributed by atoms with Crippen LogP contribution in [0.15, 0.2) is 58.5 Å². The number of hydrogen-bond acceptors (Lipinski definition) is 5. The van der Waals surface area contributed by atoms with Gasteiger partial charge in [0.1, 0.15) is 0 Å². The lowest BCUT2D eigenvalue weighted by Crippen LogP contribution is -2.24. The second kappa shape index (κ2) is 8.37. The van der Waals surface area contributed by atoms with Crippen LogP contribution >= 0.6 is 23.4 Å². The zero-order valence-corrected chi connectivity index (χ0v) is 16.3. The van der Waals surface area contributed by atoms with Gasteiger partial charge in [-0.05, 0) is 31.5 Å². The lowest BCUT2D eigenvalue weighted by molar-refractivity contribution is -0.115. The Labute approximate surface area is 165 Å². The molecule has 2 aromatic carbocycles. The Morgan fingerprint density at radius 2 is 1.89 bits per heavy atom. The third kappa shape index (κ3) is 4.56. The number of benzene rings is 2. The summed E-state index contributed by atoms with van der Waals surface area (Å²) in [6.45, 7) is 3.56. The second-order valence-corrected chi connectivity index (χ2v) is 7.57. The smallest absolute Gasteiger partial charge is 0.278 e. The fourth-order valence-corrected chi connectivity index (χ4v) is 3.27. The molecule has 0 aliphatic heterocycles. The summed E-state index contributed by atoms with van der Waals surface area (Å²) in [5.41, 5.74) is 2.03. The Balaban J connectivity index is 1.71. The molecule has 1 unspecified atom stereocenters. The minimum absolute atomic E-state index is 0.222. The molecule has 0 bridgehead atoms. The summed E-state index contributed by atoms with van der Waals surface area (Å²) in [5.74, 6) is -0.222. The van der Waals surface area contributed by atoms with E-state index < -0.39 is 5.25 Å². The number of carbonyl (C=O) groups excluding carboxylic acids is 1. The van der Waals surface area contributed by atoms with Crippen LogP contribution in [-0.2, 0) is 4.79 Å². The molecule has 27 heavy (non-hydrogen) atoms. The maximum atomic E-state index is 12.4. The van der Waals surface area contributed by atoms with Gasteiger partial charge in [-0.25, -0.2) is 0 Å². The van der Waals surface area contributed by atoms with E-state index in [2.05, 4.69) is 20.5 Å². The summed E-state index contributed by atoms with van der Waals surface area (Å²) >= 11 is 7.20. The van der Waals surface area contributed by atoms with Gasteiger partial charge in [0.2, 0.25) is 5.91 Å². The minimum Gasteiger partial charge on any atom is -0.325 e. The maximum Gasteiger partial charge on any atom is 0.278 e. The first-order valence-corrected chi connectivity index (χ1v) is 9.46. The number of H-pyrrole nitrogens is 1. The molecule has 0 spiro atoms. The molecule has 1 heterocycles. The van der Waals surface area contributed by atoms with E-state index in [1.54, 1.807) is 37.3 Å². The average Bonchev–Trinajstić information content (AvgIpc) is 2.66. The first kappa shape index (κ1) is 19.1. The van der Waals surface area contributed by atoms with Crippen LogP contribution in [-0.4, -0.2) is 26.3 Å². The van der Waals surface area contributed by atoms with Crippen LogP contribution in [0.25, 0.3) is 11.3 Å². The second-order valence-electron chi connectivity index (χ2n) is 5.84. The van der Waals surface area contributed by atoms with E-state index in [0.717, 1.165) is 17.3 Å². The Morgan fingerprint density at radius 1 is 1.15 bits per heavy atom. The number of thioether (sulfide) groups is 1. The van der Waals surface area contributed by atoms with Gasteiger partial charge in [-0.15, -0.1) is 10.2 Å². The molecule has 1 aromatic heterocycles. The van der Waals surface area contributed by atoms with E-state index in [1.165, 1.54) is 0 Å². The molecule has 0 radical (unpaired) electrons. The van der Waals surface area contributed by atoms with Crippen molar-refractivity contribution in [2.24, 2.45) is 0 Å². The number of nitrogens with zero attached hydrogens (tertiary/aromatic N) is 2. The van der Waals surface area contributed by atoms with Crippen molar-refractivity contribution in [2.45, 2.75) is 24.3 Å². The van der Waals surface area contributed by atoms with Crippen molar-refractivity contribution >= 4 is 35.0 Å². The van der Waals surface area contributed by atoms with Crippen LogP contribution in [0.1, 0.15) is 12.5 Å². The normalized spacial score (nSPS) is 11.8.